The van der Waals surface area contributed by atoms with Crippen molar-refractivity contribution in [2.75, 3.05) is 0 Å². The lowest BCUT2D eigenvalue weighted by Crippen LogP contribution is -2.30. The Morgan fingerprint density at radius 3 is 2.75 bits per heavy atom. The maximum absolute atomic E-state index is 10.7. The molecule has 2 aliphatic rings. The standard InChI is InChI=1S/C9H14NO2/c11-9(12)8-5-6-3-1-2-4-7(6)10-8/h6-8H,1-5H2,(H,11,12)/t6-,7-,8?/m0/s1. The van der Waals surface area contributed by atoms with E-state index in [-0.39, 0.29) is 0 Å². The number of carbonyl (C=O) groups is 1. The fourth-order valence-corrected chi connectivity index (χ4v) is 2.40. The molecule has 0 aromatic carbocycles. The first kappa shape index (κ1) is 8.05. The van der Waals surface area contributed by atoms with Crippen LogP contribution in [-0.4, -0.2) is 23.2 Å². The summed E-state index contributed by atoms with van der Waals surface area (Å²) in [4.78, 5) is 10.7. The average Bonchev–Trinajstić information content (AvgIpc) is 2.46. The van der Waals surface area contributed by atoms with Crippen LogP contribution in [0.2, 0.25) is 0 Å². The van der Waals surface area contributed by atoms with Gasteiger partial charge in [-0.25, -0.2) is 5.32 Å². The molecule has 1 N–H and O–H groups in total. The Bertz CT molecular complexity index is 179. The molecule has 0 amide bonds. The van der Waals surface area contributed by atoms with Gasteiger partial charge < -0.3 is 5.11 Å². The lowest BCUT2D eigenvalue weighted by Gasteiger charge is -2.22. The van der Waals surface area contributed by atoms with Crippen LogP contribution in [0, 0.1) is 5.92 Å². The number of fused-ring (bicyclic) bond motifs is 1. The second-order valence-corrected chi connectivity index (χ2v) is 3.85. The fourth-order valence-electron chi connectivity index (χ4n) is 2.40. The molecule has 12 heavy (non-hydrogen) atoms. The zero-order valence-corrected chi connectivity index (χ0v) is 7.07. The van der Waals surface area contributed by atoms with Gasteiger partial charge in [0, 0.05) is 6.04 Å². The Morgan fingerprint density at radius 2 is 2.08 bits per heavy atom. The zero-order valence-electron chi connectivity index (χ0n) is 7.07. The molecule has 67 valence electrons. The normalized spacial score (nSPS) is 40.8. The van der Waals surface area contributed by atoms with Crippen LogP contribution in [0.15, 0.2) is 0 Å². The molecule has 1 radical (unpaired) electrons. The minimum Gasteiger partial charge on any atom is -0.480 e. The van der Waals surface area contributed by atoms with Crippen LogP contribution < -0.4 is 5.32 Å². The number of hydrogen-bond acceptors (Lipinski definition) is 1. The molecule has 1 heterocycles. The molecule has 1 saturated heterocycles. The summed E-state index contributed by atoms with van der Waals surface area (Å²) in [5.41, 5.74) is 0. The number of carboxylic acid groups (broad SMARTS) is 1. The molecule has 1 saturated carbocycles. The van der Waals surface area contributed by atoms with Gasteiger partial charge >= 0.3 is 5.97 Å². The topological polar surface area (TPSA) is 51.4 Å². The highest BCUT2D eigenvalue weighted by Crippen LogP contribution is 2.34. The van der Waals surface area contributed by atoms with Crippen molar-refractivity contribution in [3.05, 3.63) is 0 Å². The first-order chi connectivity index (χ1) is 5.77. The van der Waals surface area contributed by atoms with Crippen molar-refractivity contribution in [1.82, 2.24) is 5.32 Å². The van der Waals surface area contributed by atoms with Crippen molar-refractivity contribution in [2.24, 2.45) is 5.92 Å². The second-order valence-electron chi connectivity index (χ2n) is 3.85. The van der Waals surface area contributed by atoms with E-state index in [2.05, 4.69) is 5.32 Å². The van der Waals surface area contributed by atoms with Gasteiger partial charge in [0.2, 0.25) is 0 Å². The highest BCUT2D eigenvalue weighted by Gasteiger charge is 2.39. The number of carboxylic acids is 1. The Balaban J connectivity index is 1.98. The lowest BCUT2D eigenvalue weighted by atomic mass is 9.85. The van der Waals surface area contributed by atoms with Crippen LogP contribution in [0.1, 0.15) is 32.1 Å². The molecule has 0 spiro atoms. The lowest BCUT2D eigenvalue weighted by molar-refractivity contribution is -0.139. The van der Waals surface area contributed by atoms with Gasteiger partial charge in [-0.3, -0.25) is 4.79 Å². The zero-order chi connectivity index (χ0) is 8.55. The van der Waals surface area contributed by atoms with E-state index in [1.165, 1.54) is 19.3 Å². The highest BCUT2D eigenvalue weighted by atomic mass is 16.4. The molecule has 0 aromatic heterocycles. The van der Waals surface area contributed by atoms with Crippen molar-refractivity contribution >= 4 is 5.97 Å². The third-order valence-corrected chi connectivity index (χ3v) is 3.05. The summed E-state index contributed by atoms with van der Waals surface area (Å²) in [6.07, 6.45) is 5.60. The molecule has 3 atom stereocenters. The number of rotatable bonds is 1. The van der Waals surface area contributed by atoms with Gasteiger partial charge in [-0.1, -0.05) is 12.8 Å². The van der Waals surface area contributed by atoms with Crippen molar-refractivity contribution in [2.45, 2.75) is 44.2 Å². The third kappa shape index (κ3) is 1.33. The van der Waals surface area contributed by atoms with E-state index in [0.29, 0.717) is 12.0 Å². The van der Waals surface area contributed by atoms with E-state index < -0.39 is 12.0 Å². The summed E-state index contributed by atoms with van der Waals surface area (Å²) < 4.78 is 0. The van der Waals surface area contributed by atoms with Crippen LogP contribution in [0.5, 0.6) is 0 Å². The van der Waals surface area contributed by atoms with Crippen LogP contribution in [0.4, 0.5) is 0 Å². The second kappa shape index (κ2) is 3.05. The monoisotopic (exact) mass is 168 g/mol. The first-order valence-corrected chi connectivity index (χ1v) is 4.70. The summed E-state index contributed by atoms with van der Waals surface area (Å²) >= 11 is 0. The first-order valence-electron chi connectivity index (χ1n) is 4.70. The van der Waals surface area contributed by atoms with Gasteiger partial charge in [-0.2, -0.15) is 0 Å². The molecule has 1 aliphatic heterocycles. The van der Waals surface area contributed by atoms with E-state index in [1.54, 1.807) is 0 Å². The molecule has 1 aliphatic carbocycles. The van der Waals surface area contributed by atoms with Crippen LogP contribution >= 0.6 is 0 Å². The van der Waals surface area contributed by atoms with Crippen molar-refractivity contribution < 1.29 is 9.90 Å². The smallest absolute Gasteiger partial charge is 0.322 e. The number of hydrogen-bond donors (Lipinski definition) is 1. The van der Waals surface area contributed by atoms with E-state index in [4.69, 9.17) is 5.11 Å². The van der Waals surface area contributed by atoms with Gasteiger partial charge in [0.1, 0.15) is 6.04 Å². The van der Waals surface area contributed by atoms with Crippen molar-refractivity contribution in [3.63, 3.8) is 0 Å². The van der Waals surface area contributed by atoms with Gasteiger partial charge in [0.15, 0.2) is 0 Å². The van der Waals surface area contributed by atoms with E-state index >= 15 is 0 Å². The van der Waals surface area contributed by atoms with Gasteiger partial charge in [0.05, 0.1) is 0 Å². The molecule has 2 rings (SSSR count). The molecule has 1 unspecified atom stereocenters. The van der Waals surface area contributed by atoms with Gasteiger partial charge in [-0.05, 0) is 25.2 Å². The third-order valence-electron chi connectivity index (χ3n) is 3.05. The Hall–Kier alpha value is -0.570. The van der Waals surface area contributed by atoms with Gasteiger partial charge in [-0.15, -0.1) is 0 Å². The predicted octanol–water partition coefficient (Wildman–Crippen LogP) is 1.01. The molecular weight excluding hydrogens is 154 g/mol. The molecule has 3 heteroatoms. The Morgan fingerprint density at radius 1 is 1.33 bits per heavy atom. The van der Waals surface area contributed by atoms with Crippen molar-refractivity contribution in [3.8, 4) is 0 Å². The van der Waals surface area contributed by atoms with E-state index in [9.17, 15) is 4.79 Å². The molecular formula is C9H14NO2. The summed E-state index contributed by atoms with van der Waals surface area (Å²) in [5.74, 6) is -0.149. The molecule has 2 fully saturated rings. The molecule has 0 bridgehead atoms. The summed E-state index contributed by atoms with van der Waals surface area (Å²) in [5, 5.41) is 13.1. The van der Waals surface area contributed by atoms with E-state index in [0.717, 1.165) is 12.8 Å². The quantitative estimate of drug-likeness (QED) is 0.635. The van der Waals surface area contributed by atoms with Crippen LogP contribution in [0.3, 0.4) is 0 Å². The van der Waals surface area contributed by atoms with E-state index in [1.807, 2.05) is 0 Å². The molecule has 3 nitrogen and oxygen atoms in total. The summed E-state index contributed by atoms with van der Waals surface area (Å²) in [6, 6.07) is -0.0158. The minimum absolute atomic E-state index is 0.375. The van der Waals surface area contributed by atoms with Gasteiger partial charge in [0.25, 0.3) is 0 Å². The molecule has 0 aromatic rings. The number of nitrogens with zero attached hydrogens (tertiary/aromatic N) is 1. The number of aliphatic carboxylic acids is 1. The Labute approximate surface area is 72.2 Å². The van der Waals surface area contributed by atoms with Crippen molar-refractivity contribution in [1.29, 1.82) is 0 Å². The average molecular weight is 168 g/mol. The minimum atomic E-state index is -0.732. The van der Waals surface area contributed by atoms with Crippen LogP contribution in [-0.2, 0) is 4.79 Å². The predicted molar refractivity (Wildman–Crippen MR) is 43.9 cm³/mol. The maximum Gasteiger partial charge on any atom is 0.322 e. The summed E-state index contributed by atoms with van der Waals surface area (Å²) in [6.45, 7) is 0. The van der Waals surface area contributed by atoms with Crippen LogP contribution in [0.25, 0.3) is 0 Å². The maximum atomic E-state index is 10.7. The fraction of sp³-hybridized carbons (Fsp3) is 0.889. The largest absolute Gasteiger partial charge is 0.480 e. The Kier molecular flexibility index (Phi) is 2.05. The SMILES string of the molecule is O=C(O)C1C[C@@H]2CCCC[C@@H]2[N]1. The summed E-state index contributed by atoms with van der Waals surface area (Å²) in [7, 11) is 0. The highest BCUT2D eigenvalue weighted by molar-refractivity contribution is 5.73.